The zero-order chi connectivity index (χ0) is 24.9. The van der Waals surface area contributed by atoms with Crippen molar-refractivity contribution in [1.29, 1.82) is 5.41 Å². The lowest BCUT2D eigenvalue weighted by atomic mass is 9.85. The lowest BCUT2D eigenvalue weighted by Gasteiger charge is -2.22. The summed E-state index contributed by atoms with van der Waals surface area (Å²) in [6.45, 7) is 2.19. The van der Waals surface area contributed by atoms with E-state index < -0.39 is 0 Å². The molecule has 0 saturated heterocycles. The van der Waals surface area contributed by atoms with Crippen LogP contribution >= 0.6 is 0 Å². The van der Waals surface area contributed by atoms with Gasteiger partial charge in [-0.2, -0.15) is 0 Å². The zero-order valence-electron chi connectivity index (χ0n) is 21.2. The Balaban J connectivity index is 1.55. The largest absolute Gasteiger partial charge is 0.378 e. The van der Waals surface area contributed by atoms with Crippen LogP contribution in [0.3, 0.4) is 0 Å². The van der Waals surface area contributed by atoms with Crippen LogP contribution in [-0.2, 0) is 12.8 Å². The molecule has 3 heteroatoms. The van der Waals surface area contributed by atoms with E-state index in [1.165, 1.54) is 61.7 Å². The number of aromatic nitrogens is 1. The van der Waals surface area contributed by atoms with Crippen LogP contribution < -0.4 is 5.32 Å². The van der Waals surface area contributed by atoms with Gasteiger partial charge in [0.25, 0.3) is 0 Å². The third-order valence-corrected chi connectivity index (χ3v) is 8.29. The van der Waals surface area contributed by atoms with E-state index in [-0.39, 0.29) is 0 Å². The van der Waals surface area contributed by atoms with E-state index in [1.54, 1.807) is 6.21 Å². The van der Waals surface area contributed by atoms with Gasteiger partial charge in [0.05, 0.1) is 11.2 Å². The summed E-state index contributed by atoms with van der Waals surface area (Å²) >= 11 is 0. The van der Waals surface area contributed by atoms with Crippen LogP contribution in [0, 0.1) is 12.3 Å². The number of nitrogens with one attached hydrogen (secondary N) is 2. The molecule has 3 nitrogen and oxygen atoms in total. The Labute approximate surface area is 218 Å². The van der Waals surface area contributed by atoms with Gasteiger partial charge in [0, 0.05) is 40.1 Å². The van der Waals surface area contributed by atoms with Gasteiger partial charge in [0.2, 0.25) is 0 Å². The highest BCUT2D eigenvalue weighted by molar-refractivity contribution is 6.09. The van der Waals surface area contributed by atoms with Crippen LogP contribution in [0.15, 0.2) is 84.9 Å². The van der Waals surface area contributed by atoms with Crippen molar-refractivity contribution in [2.75, 3.05) is 5.32 Å². The summed E-state index contributed by atoms with van der Waals surface area (Å²) in [7, 11) is 0. The number of fused-ring (bicyclic) bond motifs is 7. The van der Waals surface area contributed by atoms with Crippen molar-refractivity contribution in [1.82, 2.24) is 4.57 Å². The number of hydrogen-bond donors (Lipinski definition) is 2. The minimum absolute atomic E-state index is 0.325. The molecule has 0 saturated carbocycles. The van der Waals surface area contributed by atoms with Crippen molar-refractivity contribution in [3.63, 3.8) is 0 Å². The number of rotatable bonds is 4. The maximum Gasteiger partial charge on any atom is 0.0576 e. The lowest BCUT2D eigenvalue weighted by Crippen LogP contribution is -2.19. The summed E-state index contributed by atoms with van der Waals surface area (Å²) < 4.78 is 2.46. The first-order valence-corrected chi connectivity index (χ1v) is 13.5. The molecular weight excluding hydrogens is 450 g/mol. The van der Waals surface area contributed by atoms with Crippen LogP contribution in [0.4, 0.5) is 5.69 Å². The smallest absolute Gasteiger partial charge is 0.0576 e. The molecule has 182 valence electrons. The Bertz CT molecular complexity index is 1720. The standard InChI is InChI=1S/C34H31N3/c1-22-9-5-8-14-31(22)37-32-20-19-30(36-24-11-3-2-4-12-24)29(21-35)33(32)28-18-17-26-25-13-7-6-10-23(25)15-16-27(26)34(28)37/h3,5-11,13-16,19-21,24,35-36H,2,4,12,17-18H2,1H3. The molecule has 0 bridgehead atoms. The van der Waals surface area contributed by atoms with Crippen molar-refractivity contribution < 1.29 is 0 Å². The van der Waals surface area contributed by atoms with E-state index in [2.05, 4.69) is 102 Å². The first-order valence-electron chi connectivity index (χ1n) is 13.5. The first-order chi connectivity index (χ1) is 18.2. The summed E-state index contributed by atoms with van der Waals surface area (Å²) in [5.41, 5.74) is 11.1. The molecule has 1 unspecified atom stereocenters. The van der Waals surface area contributed by atoms with Crippen LogP contribution in [-0.4, -0.2) is 16.8 Å². The minimum atomic E-state index is 0.325. The SMILES string of the molecule is Cc1ccccc1-n1c2c(c3c(C=N)c(NC4C=CCCC4)ccc31)CCc1c-2ccc2ccccc12. The number of nitrogens with zero attached hydrogens (tertiary/aromatic N) is 1. The van der Waals surface area contributed by atoms with Gasteiger partial charge in [-0.25, -0.2) is 0 Å². The van der Waals surface area contributed by atoms with Gasteiger partial charge in [0.15, 0.2) is 0 Å². The van der Waals surface area contributed by atoms with E-state index in [0.717, 1.165) is 36.9 Å². The van der Waals surface area contributed by atoms with Gasteiger partial charge in [-0.3, -0.25) is 0 Å². The highest BCUT2D eigenvalue weighted by Gasteiger charge is 2.28. The molecule has 4 aromatic carbocycles. The fourth-order valence-corrected chi connectivity index (χ4v) is 6.56. The van der Waals surface area contributed by atoms with E-state index in [0.29, 0.717) is 6.04 Å². The monoisotopic (exact) mass is 481 g/mol. The summed E-state index contributed by atoms with van der Waals surface area (Å²) in [5.74, 6) is 0. The molecule has 37 heavy (non-hydrogen) atoms. The van der Waals surface area contributed by atoms with Gasteiger partial charge in [-0.15, -0.1) is 0 Å². The summed E-state index contributed by atoms with van der Waals surface area (Å²) in [6, 6.07) is 26.8. The molecule has 0 amide bonds. The topological polar surface area (TPSA) is 40.8 Å². The quantitative estimate of drug-likeness (QED) is 0.196. The molecule has 2 N–H and O–H groups in total. The van der Waals surface area contributed by atoms with E-state index in [1.807, 2.05) is 0 Å². The number of allylic oxidation sites excluding steroid dienone is 1. The van der Waals surface area contributed by atoms with Gasteiger partial charge < -0.3 is 15.3 Å². The Kier molecular flexibility index (Phi) is 5.24. The van der Waals surface area contributed by atoms with Gasteiger partial charge in [0.1, 0.15) is 0 Å². The van der Waals surface area contributed by atoms with Crippen LogP contribution in [0.5, 0.6) is 0 Å². The maximum absolute atomic E-state index is 8.52. The molecule has 0 spiro atoms. The Morgan fingerprint density at radius 2 is 1.76 bits per heavy atom. The van der Waals surface area contributed by atoms with E-state index >= 15 is 0 Å². The van der Waals surface area contributed by atoms with Crippen molar-refractivity contribution in [2.45, 2.75) is 45.1 Å². The summed E-state index contributed by atoms with van der Waals surface area (Å²) in [4.78, 5) is 0. The number of anilines is 1. The van der Waals surface area contributed by atoms with Gasteiger partial charge in [-0.05, 0) is 84.7 Å². The van der Waals surface area contributed by atoms with Crippen LogP contribution in [0.2, 0.25) is 0 Å². The summed E-state index contributed by atoms with van der Waals surface area (Å²) in [6.07, 6.45) is 11.6. The van der Waals surface area contributed by atoms with Crippen LogP contribution in [0.1, 0.15) is 41.5 Å². The van der Waals surface area contributed by atoms with Crippen molar-refractivity contribution >= 4 is 33.6 Å². The fourth-order valence-electron chi connectivity index (χ4n) is 6.56. The molecule has 2 aliphatic carbocycles. The molecule has 0 aliphatic heterocycles. The van der Waals surface area contributed by atoms with Gasteiger partial charge >= 0.3 is 0 Å². The minimum Gasteiger partial charge on any atom is -0.378 e. The van der Waals surface area contributed by atoms with Crippen molar-refractivity contribution in [2.24, 2.45) is 0 Å². The zero-order valence-corrected chi connectivity index (χ0v) is 21.2. The molecule has 1 heterocycles. The molecule has 1 aromatic heterocycles. The highest BCUT2D eigenvalue weighted by Crippen LogP contribution is 2.46. The molecular formula is C34H31N3. The molecule has 2 aliphatic rings. The first kappa shape index (κ1) is 22.1. The number of benzene rings is 4. The number of aryl methyl sites for hydroxylation is 3. The predicted octanol–water partition coefficient (Wildman–Crippen LogP) is 8.38. The average Bonchev–Trinajstić information content (AvgIpc) is 3.28. The Morgan fingerprint density at radius 3 is 2.59 bits per heavy atom. The van der Waals surface area contributed by atoms with Gasteiger partial charge in [-0.1, -0.05) is 66.7 Å². The predicted molar refractivity (Wildman–Crippen MR) is 157 cm³/mol. The molecule has 7 rings (SSSR count). The fraction of sp³-hybridized carbons (Fsp3) is 0.206. The third-order valence-electron chi connectivity index (χ3n) is 8.29. The molecule has 5 aromatic rings. The molecule has 1 atom stereocenters. The molecule has 0 radical (unpaired) electrons. The number of hydrogen-bond acceptors (Lipinski definition) is 2. The second-order valence-electron chi connectivity index (χ2n) is 10.4. The Morgan fingerprint density at radius 1 is 0.919 bits per heavy atom. The lowest BCUT2D eigenvalue weighted by molar-refractivity contribution is 0.674. The molecule has 0 fully saturated rings. The maximum atomic E-state index is 8.52. The van der Waals surface area contributed by atoms with E-state index in [4.69, 9.17) is 5.41 Å². The van der Waals surface area contributed by atoms with E-state index in [9.17, 15) is 0 Å². The van der Waals surface area contributed by atoms with Crippen molar-refractivity contribution in [3.8, 4) is 16.9 Å². The highest BCUT2D eigenvalue weighted by atomic mass is 15.0. The normalized spacial score (nSPS) is 16.5. The average molecular weight is 482 g/mol. The second kappa shape index (κ2) is 8.77. The number of para-hydroxylation sites is 1. The van der Waals surface area contributed by atoms with Crippen molar-refractivity contribution in [3.05, 3.63) is 107 Å². The summed E-state index contributed by atoms with van der Waals surface area (Å²) in [5, 5.41) is 16.1. The second-order valence-corrected chi connectivity index (χ2v) is 10.4. The van der Waals surface area contributed by atoms with Crippen LogP contribution in [0.25, 0.3) is 38.6 Å². The Hall–Kier alpha value is -4.11. The third kappa shape index (κ3) is 3.45.